The van der Waals surface area contributed by atoms with Gasteiger partial charge < -0.3 is 4.90 Å². The van der Waals surface area contributed by atoms with Gasteiger partial charge in [-0.15, -0.1) is 0 Å². The number of imide groups is 1. The molecule has 17 heavy (non-hydrogen) atoms. The Labute approximate surface area is 103 Å². The average molecular weight is 238 g/mol. The highest BCUT2D eigenvalue weighted by atomic mass is 16.2. The van der Waals surface area contributed by atoms with Gasteiger partial charge in [0.2, 0.25) is 5.91 Å². The van der Waals surface area contributed by atoms with Crippen LogP contribution in [0.1, 0.15) is 51.9 Å². The van der Waals surface area contributed by atoms with E-state index in [0.29, 0.717) is 13.0 Å². The normalized spacial score (nSPS) is 24.6. The SMILES string of the molecule is CCCN1C(=O)CC2(CCCCC2)N(C)C1=O. The summed E-state index contributed by atoms with van der Waals surface area (Å²) >= 11 is 0. The van der Waals surface area contributed by atoms with Gasteiger partial charge in [0, 0.05) is 13.6 Å². The molecule has 0 aromatic carbocycles. The molecule has 1 saturated heterocycles. The number of carbonyl (C=O) groups is 2. The van der Waals surface area contributed by atoms with Crippen molar-refractivity contribution in [1.29, 1.82) is 0 Å². The minimum absolute atomic E-state index is 0.0249. The second kappa shape index (κ2) is 4.67. The van der Waals surface area contributed by atoms with E-state index in [1.807, 2.05) is 18.9 Å². The average Bonchev–Trinajstić information content (AvgIpc) is 2.33. The van der Waals surface area contributed by atoms with Gasteiger partial charge in [0.15, 0.2) is 0 Å². The molecular weight excluding hydrogens is 216 g/mol. The van der Waals surface area contributed by atoms with E-state index < -0.39 is 0 Å². The molecule has 96 valence electrons. The molecule has 4 nitrogen and oxygen atoms in total. The lowest BCUT2D eigenvalue weighted by Crippen LogP contribution is -2.63. The predicted molar refractivity (Wildman–Crippen MR) is 65.6 cm³/mol. The van der Waals surface area contributed by atoms with E-state index in [9.17, 15) is 9.59 Å². The summed E-state index contributed by atoms with van der Waals surface area (Å²) < 4.78 is 0. The van der Waals surface area contributed by atoms with Crippen molar-refractivity contribution in [3.63, 3.8) is 0 Å². The summed E-state index contributed by atoms with van der Waals surface area (Å²) in [4.78, 5) is 27.6. The summed E-state index contributed by atoms with van der Waals surface area (Å²) in [5.74, 6) is 0.0249. The Morgan fingerprint density at radius 1 is 1.18 bits per heavy atom. The number of urea groups is 1. The second-order valence-electron chi connectivity index (χ2n) is 5.35. The van der Waals surface area contributed by atoms with Crippen LogP contribution in [0.5, 0.6) is 0 Å². The zero-order chi connectivity index (χ0) is 12.5. The minimum atomic E-state index is -0.170. The van der Waals surface area contributed by atoms with Crippen molar-refractivity contribution in [3.05, 3.63) is 0 Å². The van der Waals surface area contributed by atoms with Crippen LogP contribution in [-0.2, 0) is 4.79 Å². The number of carbonyl (C=O) groups excluding carboxylic acids is 2. The summed E-state index contributed by atoms with van der Waals surface area (Å²) in [6.07, 6.45) is 6.84. The molecular formula is C13H22N2O2. The van der Waals surface area contributed by atoms with E-state index in [0.717, 1.165) is 32.1 Å². The number of hydrogen-bond acceptors (Lipinski definition) is 2. The quantitative estimate of drug-likeness (QED) is 0.741. The van der Waals surface area contributed by atoms with Crippen LogP contribution in [0.15, 0.2) is 0 Å². The molecule has 0 aromatic heterocycles. The fraction of sp³-hybridized carbons (Fsp3) is 0.846. The second-order valence-corrected chi connectivity index (χ2v) is 5.35. The van der Waals surface area contributed by atoms with Gasteiger partial charge in [-0.3, -0.25) is 9.69 Å². The molecule has 0 N–H and O–H groups in total. The third kappa shape index (κ3) is 2.05. The molecule has 1 spiro atoms. The Balaban J connectivity index is 2.18. The summed E-state index contributed by atoms with van der Waals surface area (Å²) in [6.45, 7) is 2.55. The molecule has 2 aliphatic rings. The van der Waals surface area contributed by atoms with E-state index in [1.165, 1.54) is 11.3 Å². The lowest BCUT2D eigenvalue weighted by atomic mass is 9.77. The Kier molecular flexibility index (Phi) is 3.40. The molecule has 0 aromatic rings. The van der Waals surface area contributed by atoms with E-state index >= 15 is 0 Å². The molecule has 1 aliphatic carbocycles. The van der Waals surface area contributed by atoms with E-state index in [4.69, 9.17) is 0 Å². The van der Waals surface area contributed by atoms with Gasteiger partial charge in [-0.05, 0) is 19.3 Å². The van der Waals surface area contributed by atoms with Crippen molar-refractivity contribution in [2.45, 2.75) is 57.4 Å². The minimum Gasteiger partial charge on any atom is -0.321 e. The third-order valence-corrected chi connectivity index (χ3v) is 4.24. The van der Waals surface area contributed by atoms with E-state index in [2.05, 4.69) is 0 Å². The van der Waals surface area contributed by atoms with Gasteiger partial charge in [-0.1, -0.05) is 26.2 Å². The van der Waals surface area contributed by atoms with Crippen molar-refractivity contribution in [2.75, 3.05) is 13.6 Å². The van der Waals surface area contributed by atoms with Crippen molar-refractivity contribution in [1.82, 2.24) is 9.80 Å². The lowest BCUT2D eigenvalue weighted by Gasteiger charge is -2.49. The van der Waals surface area contributed by atoms with Crippen LogP contribution < -0.4 is 0 Å². The maximum atomic E-state index is 12.2. The lowest BCUT2D eigenvalue weighted by molar-refractivity contribution is -0.136. The Morgan fingerprint density at radius 3 is 2.41 bits per heavy atom. The topological polar surface area (TPSA) is 40.6 Å². The molecule has 4 heteroatoms. The van der Waals surface area contributed by atoms with Crippen LogP contribution >= 0.6 is 0 Å². The highest BCUT2D eigenvalue weighted by molar-refractivity contribution is 5.98. The molecule has 0 bridgehead atoms. The number of rotatable bonds is 2. The zero-order valence-electron chi connectivity index (χ0n) is 10.9. The molecule has 2 rings (SSSR count). The Bertz CT molecular complexity index is 321. The van der Waals surface area contributed by atoms with Crippen LogP contribution in [0.3, 0.4) is 0 Å². The standard InChI is InChI=1S/C13H22N2O2/c1-3-9-15-11(16)10-13(14(2)12(15)17)7-5-4-6-8-13/h3-10H2,1-2H3. The molecule has 0 atom stereocenters. The van der Waals surface area contributed by atoms with Crippen molar-refractivity contribution >= 4 is 11.9 Å². The maximum Gasteiger partial charge on any atom is 0.326 e. The van der Waals surface area contributed by atoms with Gasteiger partial charge in [0.05, 0.1) is 12.0 Å². The highest BCUT2D eigenvalue weighted by Crippen LogP contribution is 2.39. The van der Waals surface area contributed by atoms with E-state index in [-0.39, 0.29) is 17.5 Å². The summed E-state index contributed by atoms with van der Waals surface area (Å²) in [5, 5.41) is 0. The number of nitrogens with zero attached hydrogens (tertiary/aromatic N) is 2. The number of amides is 3. The van der Waals surface area contributed by atoms with Gasteiger partial charge in [0.25, 0.3) is 0 Å². The van der Waals surface area contributed by atoms with Crippen molar-refractivity contribution in [2.24, 2.45) is 0 Å². The van der Waals surface area contributed by atoms with Crippen molar-refractivity contribution < 1.29 is 9.59 Å². The van der Waals surface area contributed by atoms with Crippen LogP contribution in [0.2, 0.25) is 0 Å². The zero-order valence-corrected chi connectivity index (χ0v) is 10.9. The van der Waals surface area contributed by atoms with Crippen molar-refractivity contribution in [3.8, 4) is 0 Å². The van der Waals surface area contributed by atoms with Gasteiger partial charge in [-0.25, -0.2) is 4.79 Å². The first kappa shape index (κ1) is 12.4. The van der Waals surface area contributed by atoms with E-state index in [1.54, 1.807) is 0 Å². The maximum absolute atomic E-state index is 12.2. The highest BCUT2D eigenvalue weighted by Gasteiger charge is 2.47. The van der Waals surface area contributed by atoms with Crippen LogP contribution in [0.4, 0.5) is 4.79 Å². The Hall–Kier alpha value is -1.06. The van der Waals surface area contributed by atoms with Gasteiger partial charge >= 0.3 is 6.03 Å². The van der Waals surface area contributed by atoms with Gasteiger partial charge in [0.1, 0.15) is 0 Å². The molecule has 1 saturated carbocycles. The molecule has 1 aliphatic heterocycles. The van der Waals surface area contributed by atoms with Crippen LogP contribution in [0, 0.1) is 0 Å². The fourth-order valence-corrected chi connectivity index (χ4v) is 3.15. The first-order valence-corrected chi connectivity index (χ1v) is 6.69. The van der Waals surface area contributed by atoms with Crippen LogP contribution in [0.25, 0.3) is 0 Å². The first-order chi connectivity index (χ1) is 8.10. The summed E-state index contributed by atoms with van der Waals surface area (Å²) in [5.41, 5.74) is -0.170. The molecule has 1 heterocycles. The molecule has 0 radical (unpaired) electrons. The summed E-state index contributed by atoms with van der Waals surface area (Å²) in [7, 11) is 1.86. The molecule has 0 unspecified atom stereocenters. The molecule has 2 fully saturated rings. The summed E-state index contributed by atoms with van der Waals surface area (Å²) in [6, 6.07) is -0.0926. The number of hydrogen-bond donors (Lipinski definition) is 0. The largest absolute Gasteiger partial charge is 0.326 e. The molecule has 3 amide bonds. The smallest absolute Gasteiger partial charge is 0.321 e. The predicted octanol–water partition coefficient (Wildman–Crippen LogP) is 2.38. The van der Waals surface area contributed by atoms with Gasteiger partial charge in [-0.2, -0.15) is 0 Å². The van der Waals surface area contributed by atoms with Crippen LogP contribution in [-0.4, -0.2) is 40.9 Å². The monoisotopic (exact) mass is 238 g/mol. The first-order valence-electron chi connectivity index (χ1n) is 6.69. The fourth-order valence-electron chi connectivity index (χ4n) is 3.15. The third-order valence-electron chi connectivity index (χ3n) is 4.24. The Morgan fingerprint density at radius 2 is 1.82 bits per heavy atom.